The Bertz CT molecular complexity index is 635. The molecule has 0 saturated heterocycles. The zero-order chi connectivity index (χ0) is 16.9. The van der Waals surface area contributed by atoms with Gasteiger partial charge in [0.1, 0.15) is 0 Å². The topological polar surface area (TPSA) is 37.8 Å². The van der Waals surface area contributed by atoms with Crippen molar-refractivity contribution in [2.75, 3.05) is 5.32 Å². The van der Waals surface area contributed by atoms with Gasteiger partial charge in [-0.15, -0.1) is 0 Å². The lowest BCUT2D eigenvalue weighted by Crippen LogP contribution is -2.13. The van der Waals surface area contributed by atoms with Gasteiger partial charge in [0.15, 0.2) is 0 Å². The van der Waals surface area contributed by atoms with E-state index in [4.69, 9.17) is 9.97 Å². The molecule has 3 nitrogen and oxygen atoms in total. The zero-order valence-electron chi connectivity index (χ0n) is 15.1. The molecule has 0 radical (unpaired) electrons. The Labute approximate surface area is 151 Å². The van der Waals surface area contributed by atoms with Crippen LogP contribution in [0.15, 0.2) is 36.4 Å². The van der Waals surface area contributed by atoms with E-state index < -0.39 is 0 Å². The lowest BCUT2D eigenvalue weighted by atomic mass is 9.84. The van der Waals surface area contributed by atoms with Gasteiger partial charge >= 0.3 is 0 Å². The number of nitrogens with one attached hydrogen (secondary N) is 1. The van der Waals surface area contributed by atoms with Gasteiger partial charge in [0.25, 0.3) is 0 Å². The standard InChI is InChI=1S/C22H29N3/c1-4-10-17(11-5-1)20-16-21(18-12-6-2-7-13-18)25-22(24-20)23-19-14-8-3-9-15-19/h3,8-9,14-18H,1-2,4-7,10-13H2,(H,23,24,25). The van der Waals surface area contributed by atoms with Gasteiger partial charge in [0, 0.05) is 28.9 Å². The normalized spacial score (nSPS) is 19.7. The van der Waals surface area contributed by atoms with Gasteiger partial charge in [-0.1, -0.05) is 56.7 Å². The Balaban J connectivity index is 1.64. The van der Waals surface area contributed by atoms with E-state index in [1.165, 1.54) is 75.6 Å². The van der Waals surface area contributed by atoms with Crippen LogP contribution in [-0.4, -0.2) is 9.97 Å². The Morgan fingerprint density at radius 3 is 1.72 bits per heavy atom. The third kappa shape index (κ3) is 4.20. The van der Waals surface area contributed by atoms with Crippen LogP contribution in [0.2, 0.25) is 0 Å². The smallest absolute Gasteiger partial charge is 0.227 e. The molecule has 0 amide bonds. The van der Waals surface area contributed by atoms with Crippen LogP contribution >= 0.6 is 0 Å². The Hall–Kier alpha value is -1.90. The first-order chi connectivity index (χ1) is 12.4. The van der Waals surface area contributed by atoms with E-state index in [0.717, 1.165) is 11.6 Å². The van der Waals surface area contributed by atoms with E-state index >= 15 is 0 Å². The van der Waals surface area contributed by atoms with Gasteiger partial charge in [-0.3, -0.25) is 0 Å². The fourth-order valence-electron chi connectivity index (χ4n) is 4.41. The Kier molecular flexibility index (Phi) is 5.29. The molecule has 2 fully saturated rings. The highest BCUT2D eigenvalue weighted by Crippen LogP contribution is 2.36. The monoisotopic (exact) mass is 335 g/mol. The highest BCUT2D eigenvalue weighted by Gasteiger charge is 2.22. The number of nitrogens with zero attached hydrogens (tertiary/aromatic N) is 2. The molecule has 0 unspecified atom stereocenters. The molecule has 2 saturated carbocycles. The number of para-hydroxylation sites is 1. The average Bonchev–Trinajstić information content (AvgIpc) is 2.70. The van der Waals surface area contributed by atoms with E-state index in [1.807, 2.05) is 6.07 Å². The Morgan fingerprint density at radius 2 is 1.20 bits per heavy atom. The molecular weight excluding hydrogens is 306 g/mol. The SMILES string of the molecule is c1ccc(Nc2nc(C3CCCCC3)cc(C3CCCCC3)n2)cc1. The third-order valence-electron chi connectivity index (χ3n) is 5.84. The van der Waals surface area contributed by atoms with Crippen molar-refractivity contribution in [3.05, 3.63) is 47.8 Å². The quantitative estimate of drug-likeness (QED) is 0.711. The van der Waals surface area contributed by atoms with Crippen LogP contribution in [0.1, 0.15) is 87.4 Å². The molecule has 4 rings (SSSR count). The number of anilines is 2. The Morgan fingerprint density at radius 1 is 0.680 bits per heavy atom. The van der Waals surface area contributed by atoms with Gasteiger partial charge in [0.05, 0.1) is 0 Å². The second kappa shape index (κ2) is 7.99. The minimum absolute atomic E-state index is 0.621. The van der Waals surface area contributed by atoms with Crippen molar-refractivity contribution in [1.82, 2.24) is 9.97 Å². The maximum Gasteiger partial charge on any atom is 0.227 e. The summed E-state index contributed by atoms with van der Waals surface area (Å²) in [6, 6.07) is 12.6. The van der Waals surface area contributed by atoms with Crippen molar-refractivity contribution in [3.63, 3.8) is 0 Å². The average molecular weight is 335 g/mol. The molecule has 1 aromatic carbocycles. The van der Waals surface area contributed by atoms with Gasteiger partial charge in [-0.25, -0.2) is 9.97 Å². The molecule has 0 atom stereocenters. The predicted octanol–water partition coefficient (Wildman–Crippen LogP) is 6.32. The summed E-state index contributed by atoms with van der Waals surface area (Å²) >= 11 is 0. The lowest BCUT2D eigenvalue weighted by molar-refractivity contribution is 0.425. The van der Waals surface area contributed by atoms with E-state index in [-0.39, 0.29) is 0 Å². The molecule has 2 aliphatic carbocycles. The van der Waals surface area contributed by atoms with Crippen molar-refractivity contribution in [3.8, 4) is 0 Å². The third-order valence-corrected chi connectivity index (χ3v) is 5.84. The van der Waals surface area contributed by atoms with Crippen LogP contribution in [-0.2, 0) is 0 Å². The molecule has 0 spiro atoms. The van der Waals surface area contributed by atoms with E-state index in [1.54, 1.807) is 0 Å². The van der Waals surface area contributed by atoms with Crippen molar-refractivity contribution in [1.29, 1.82) is 0 Å². The summed E-state index contributed by atoms with van der Waals surface area (Å²) in [7, 11) is 0. The molecule has 2 aliphatic rings. The first-order valence-corrected chi connectivity index (χ1v) is 10.1. The second-order valence-electron chi connectivity index (χ2n) is 7.70. The predicted molar refractivity (Wildman–Crippen MR) is 103 cm³/mol. The number of hydrogen-bond donors (Lipinski definition) is 1. The van der Waals surface area contributed by atoms with Crippen LogP contribution < -0.4 is 5.32 Å². The highest BCUT2D eigenvalue weighted by atomic mass is 15.1. The fourth-order valence-corrected chi connectivity index (χ4v) is 4.41. The molecule has 2 aromatic rings. The zero-order valence-corrected chi connectivity index (χ0v) is 15.1. The van der Waals surface area contributed by atoms with E-state index in [9.17, 15) is 0 Å². The molecule has 1 heterocycles. The van der Waals surface area contributed by atoms with Crippen LogP contribution in [0.4, 0.5) is 11.6 Å². The van der Waals surface area contributed by atoms with Crippen LogP contribution in [0.25, 0.3) is 0 Å². The summed E-state index contributed by atoms with van der Waals surface area (Å²) in [5, 5.41) is 3.44. The molecule has 0 aliphatic heterocycles. The molecule has 25 heavy (non-hydrogen) atoms. The van der Waals surface area contributed by atoms with Gasteiger partial charge in [-0.2, -0.15) is 0 Å². The van der Waals surface area contributed by atoms with E-state index in [2.05, 4.69) is 35.6 Å². The molecule has 132 valence electrons. The van der Waals surface area contributed by atoms with Crippen molar-refractivity contribution in [2.45, 2.75) is 76.0 Å². The summed E-state index contributed by atoms with van der Waals surface area (Å²) in [5.41, 5.74) is 3.61. The number of benzene rings is 1. The van der Waals surface area contributed by atoms with Crippen LogP contribution in [0.5, 0.6) is 0 Å². The highest BCUT2D eigenvalue weighted by molar-refractivity contribution is 5.53. The minimum Gasteiger partial charge on any atom is -0.324 e. The largest absolute Gasteiger partial charge is 0.324 e. The maximum absolute atomic E-state index is 4.92. The minimum atomic E-state index is 0.621. The molecule has 1 aromatic heterocycles. The summed E-state index contributed by atoms with van der Waals surface area (Å²) in [4.78, 5) is 9.85. The summed E-state index contributed by atoms with van der Waals surface area (Å²) in [5.74, 6) is 2.03. The molecule has 0 bridgehead atoms. The van der Waals surface area contributed by atoms with E-state index in [0.29, 0.717) is 11.8 Å². The number of rotatable bonds is 4. The van der Waals surface area contributed by atoms with Crippen molar-refractivity contribution < 1.29 is 0 Å². The van der Waals surface area contributed by atoms with Gasteiger partial charge in [0.2, 0.25) is 5.95 Å². The van der Waals surface area contributed by atoms with Crippen LogP contribution in [0.3, 0.4) is 0 Å². The van der Waals surface area contributed by atoms with Gasteiger partial charge < -0.3 is 5.32 Å². The second-order valence-corrected chi connectivity index (χ2v) is 7.70. The first kappa shape index (κ1) is 16.6. The van der Waals surface area contributed by atoms with Crippen molar-refractivity contribution >= 4 is 11.6 Å². The summed E-state index contributed by atoms with van der Waals surface area (Å²) in [6.45, 7) is 0. The van der Waals surface area contributed by atoms with Crippen molar-refractivity contribution in [2.24, 2.45) is 0 Å². The molecule has 3 heteroatoms. The lowest BCUT2D eigenvalue weighted by Gasteiger charge is -2.25. The first-order valence-electron chi connectivity index (χ1n) is 10.1. The summed E-state index contributed by atoms with van der Waals surface area (Å²) < 4.78 is 0. The number of hydrogen-bond acceptors (Lipinski definition) is 3. The maximum atomic E-state index is 4.92. The fraction of sp³-hybridized carbons (Fsp3) is 0.545. The number of aromatic nitrogens is 2. The molecular formula is C22H29N3. The van der Waals surface area contributed by atoms with Crippen LogP contribution in [0, 0.1) is 0 Å². The molecule has 1 N–H and O–H groups in total. The van der Waals surface area contributed by atoms with Gasteiger partial charge in [-0.05, 0) is 43.9 Å². The summed E-state index contributed by atoms with van der Waals surface area (Å²) in [6.07, 6.45) is 13.3.